The van der Waals surface area contributed by atoms with E-state index in [-0.39, 0.29) is 6.04 Å². The molecule has 0 spiro atoms. The predicted molar refractivity (Wildman–Crippen MR) is 69.2 cm³/mol. The molecular formula is C13H26N2O2. The van der Waals surface area contributed by atoms with Crippen molar-refractivity contribution in [3.63, 3.8) is 0 Å². The van der Waals surface area contributed by atoms with Crippen LogP contribution in [-0.4, -0.2) is 47.2 Å². The van der Waals surface area contributed by atoms with Crippen LogP contribution in [0.1, 0.15) is 46.5 Å². The Morgan fingerprint density at radius 1 is 1.47 bits per heavy atom. The number of rotatable bonds is 9. The zero-order valence-corrected chi connectivity index (χ0v) is 11.3. The first-order valence-corrected chi connectivity index (χ1v) is 6.77. The van der Waals surface area contributed by atoms with Gasteiger partial charge in [-0.1, -0.05) is 27.2 Å². The fourth-order valence-electron chi connectivity index (χ4n) is 2.06. The van der Waals surface area contributed by atoms with Gasteiger partial charge in [-0.15, -0.1) is 0 Å². The lowest BCUT2D eigenvalue weighted by Gasteiger charge is -2.27. The van der Waals surface area contributed by atoms with E-state index in [1.54, 1.807) is 0 Å². The molecule has 0 heterocycles. The molecule has 4 nitrogen and oxygen atoms in total. The Labute approximate surface area is 104 Å². The molecule has 1 rings (SSSR count). The van der Waals surface area contributed by atoms with Gasteiger partial charge in [-0.05, 0) is 25.8 Å². The van der Waals surface area contributed by atoms with Crippen molar-refractivity contribution < 1.29 is 9.90 Å². The summed E-state index contributed by atoms with van der Waals surface area (Å²) < 4.78 is 0. The maximum absolute atomic E-state index is 11.2. The second kappa shape index (κ2) is 6.97. The third-order valence-electron chi connectivity index (χ3n) is 3.11. The van der Waals surface area contributed by atoms with Crippen molar-refractivity contribution in [3.05, 3.63) is 0 Å². The molecule has 1 fully saturated rings. The second-order valence-electron chi connectivity index (χ2n) is 5.29. The highest BCUT2D eigenvalue weighted by Gasteiger charge is 2.31. The van der Waals surface area contributed by atoms with Crippen molar-refractivity contribution in [2.24, 2.45) is 0 Å². The molecule has 0 amide bonds. The van der Waals surface area contributed by atoms with Crippen LogP contribution in [0, 0.1) is 0 Å². The third-order valence-corrected chi connectivity index (χ3v) is 3.11. The van der Waals surface area contributed by atoms with Gasteiger partial charge in [0.2, 0.25) is 0 Å². The van der Waals surface area contributed by atoms with Gasteiger partial charge in [0.1, 0.15) is 6.04 Å². The largest absolute Gasteiger partial charge is 0.480 e. The van der Waals surface area contributed by atoms with Crippen molar-refractivity contribution in [2.45, 2.75) is 64.6 Å². The summed E-state index contributed by atoms with van der Waals surface area (Å²) in [6.45, 7) is 7.82. The van der Waals surface area contributed by atoms with E-state index in [4.69, 9.17) is 0 Å². The summed E-state index contributed by atoms with van der Waals surface area (Å²) in [5.74, 6) is -0.735. The number of nitrogens with one attached hydrogen (secondary N) is 1. The average Bonchev–Trinajstić information content (AvgIpc) is 3.05. The van der Waals surface area contributed by atoms with Crippen molar-refractivity contribution in [3.8, 4) is 0 Å². The first-order valence-electron chi connectivity index (χ1n) is 6.77. The van der Waals surface area contributed by atoms with Gasteiger partial charge in [0.05, 0.1) is 0 Å². The Bertz CT molecular complexity index is 240. The van der Waals surface area contributed by atoms with Crippen molar-refractivity contribution in [1.82, 2.24) is 10.2 Å². The number of carbonyl (C=O) groups is 1. The van der Waals surface area contributed by atoms with Crippen molar-refractivity contribution >= 4 is 5.97 Å². The van der Waals surface area contributed by atoms with Crippen LogP contribution in [0.25, 0.3) is 0 Å². The van der Waals surface area contributed by atoms with E-state index < -0.39 is 12.0 Å². The number of unbranched alkanes of at least 4 members (excludes halogenated alkanes) is 1. The maximum atomic E-state index is 11.2. The van der Waals surface area contributed by atoms with Crippen LogP contribution in [0.3, 0.4) is 0 Å². The number of hydrogen-bond donors (Lipinski definition) is 2. The molecule has 0 aromatic rings. The van der Waals surface area contributed by atoms with Gasteiger partial charge < -0.3 is 10.4 Å². The molecular weight excluding hydrogens is 216 g/mol. The zero-order valence-electron chi connectivity index (χ0n) is 11.3. The minimum atomic E-state index is -0.735. The quantitative estimate of drug-likeness (QED) is 0.646. The molecule has 17 heavy (non-hydrogen) atoms. The smallest absolute Gasteiger partial charge is 0.322 e. The molecule has 100 valence electrons. The van der Waals surface area contributed by atoms with E-state index >= 15 is 0 Å². The van der Waals surface area contributed by atoms with Gasteiger partial charge in [0.25, 0.3) is 0 Å². The third kappa shape index (κ3) is 5.50. The van der Waals surface area contributed by atoms with Gasteiger partial charge in [-0.25, -0.2) is 0 Å². The highest BCUT2D eigenvalue weighted by Crippen LogP contribution is 2.27. The molecule has 1 saturated carbocycles. The topological polar surface area (TPSA) is 52.6 Å². The minimum Gasteiger partial charge on any atom is -0.480 e. The summed E-state index contributed by atoms with van der Waals surface area (Å²) in [5.41, 5.74) is 0. The van der Waals surface area contributed by atoms with Crippen LogP contribution < -0.4 is 5.32 Å². The Morgan fingerprint density at radius 2 is 2.12 bits per heavy atom. The van der Waals surface area contributed by atoms with E-state index in [0.29, 0.717) is 12.6 Å². The predicted octanol–water partition coefficient (Wildman–Crippen LogP) is 1.70. The molecule has 2 N–H and O–H groups in total. The number of hydrogen-bond acceptors (Lipinski definition) is 3. The Hall–Kier alpha value is -0.610. The van der Waals surface area contributed by atoms with Gasteiger partial charge in [0.15, 0.2) is 0 Å². The number of nitrogens with zero attached hydrogens (tertiary/aromatic N) is 1. The lowest BCUT2D eigenvalue weighted by Crippen LogP contribution is -2.49. The fraction of sp³-hybridized carbons (Fsp3) is 0.923. The first kappa shape index (κ1) is 14.5. The van der Waals surface area contributed by atoms with Crippen LogP contribution in [-0.2, 0) is 4.79 Å². The molecule has 1 atom stereocenters. The monoisotopic (exact) mass is 242 g/mol. The molecule has 0 saturated heterocycles. The normalized spacial score (nSPS) is 17.7. The number of aliphatic carboxylic acids is 1. The van der Waals surface area contributed by atoms with Crippen molar-refractivity contribution in [1.29, 1.82) is 0 Å². The van der Waals surface area contributed by atoms with E-state index in [1.165, 1.54) is 19.3 Å². The summed E-state index contributed by atoms with van der Waals surface area (Å²) in [6, 6.07) is 0.410. The minimum absolute atomic E-state index is 0.211. The second-order valence-corrected chi connectivity index (χ2v) is 5.29. The van der Waals surface area contributed by atoms with Gasteiger partial charge in [-0.3, -0.25) is 9.69 Å². The Morgan fingerprint density at radius 3 is 2.53 bits per heavy atom. The fourth-order valence-corrected chi connectivity index (χ4v) is 2.06. The Balaban J connectivity index is 2.46. The van der Waals surface area contributed by atoms with Crippen LogP contribution in [0.5, 0.6) is 0 Å². The molecule has 1 aliphatic rings. The molecule has 1 aliphatic carbocycles. The van der Waals surface area contributed by atoms with Crippen LogP contribution in [0.4, 0.5) is 0 Å². The highest BCUT2D eigenvalue weighted by molar-refractivity contribution is 5.73. The van der Waals surface area contributed by atoms with Gasteiger partial charge in [0, 0.05) is 18.6 Å². The molecule has 0 bridgehead atoms. The van der Waals surface area contributed by atoms with Crippen LogP contribution in [0.15, 0.2) is 0 Å². The SMILES string of the molecule is CCCCN(CC(NC(C)C)C(=O)O)C1CC1. The highest BCUT2D eigenvalue weighted by atomic mass is 16.4. The summed E-state index contributed by atoms with van der Waals surface area (Å²) in [5, 5.41) is 12.3. The summed E-state index contributed by atoms with van der Waals surface area (Å²) in [7, 11) is 0. The van der Waals surface area contributed by atoms with Crippen LogP contribution >= 0.6 is 0 Å². The van der Waals surface area contributed by atoms with E-state index in [9.17, 15) is 9.90 Å². The molecule has 4 heteroatoms. The van der Waals surface area contributed by atoms with Gasteiger partial charge in [-0.2, -0.15) is 0 Å². The van der Waals surface area contributed by atoms with E-state index in [0.717, 1.165) is 13.0 Å². The molecule has 1 unspecified atom stereocenters. The van der Waals surface area contributed by atoms with Crippen LogP contribution in [0.2, 0.25) is 0 Å². The summed E-state index contributed by atoms with van der Waals surface area (Å²) >= 11 is 0. The molecule has 0 aromatic heterocycles. The Kier molecular flexibility index (Phi) is 5.92. The molecule has 0 radical (unpaired) electrons. The lowest BCUT2D eigenvalue weighted by molar-refractivity contribution is -0.140. The first-order chi connectivity index (χ1) is 8.04. The maximum Gasteiger partial charge on any atom is 0.322 e. The molecule has 0 aromatic carbocycles. The van der Waals surface area contributed by atoms with Gasteiger partial charge >= 0.3 is 5.97 Å². The molecule has 0 aliphatic heterocycles. The number of carboxylic acids is 1. The lowest BCUT2D eigenvalue weighted by atomic mass is 10.2. The zero-order chi connectivity index (χ0) is 12.8. The van der Waals surface area contributed by atoms with Crippen molar-refractivity contribution in [2.75, 3.05) is 13.1 Å². The summed E-state index contributed by atoms with van der Waals surface area (Å²) in [4.78, 5) is 13.5. The van der Waals surface area contributed by atoms with E-state index in [2.05, 4.69) is 17.1 Å². The average molecular weight is 242 g/mol. The number of carboxylic acid groups (broad SMARTS) is 1. The van der Waals surface area contributed by atoms with E-state index in [1.807, 2.05) is 13.8 Å². The standard InChI is InChI=1S/C13H26N2O2/c1-4-5-8-15(11-6-7-11)9-12(13(16)17)14-10(2)3/h10-12,14H,4-9H2,1-3H3,(H,16,17). The summed E-state index contributed by atoms with van der Waals surface area (Å²) in [6.07, 6.45) is 4.79.